The molecule has 0 bridgehead atoms. The minimum absolute atomic E-state index is 0.115. The molecule has 1 heterocycles. The molecule has 0 fully saturated rings. The van der Waals surface area contributed by atoms with Crippen LogP contribution in [0.25, 0.3) is 0 Å². The van der Waals surface area contributed by atoms with E-state index in [9.17, 15) is 8.42 Å². The second-order valence-electron chi connectivity index (χ2n) is 4.43. The average molecular weight is 310 g/mol. The molecule has 0 saturated carbocycles. The third kappa shape index (κ3) is 4.70. The van der Waals surface area contributed by atoms with Crippen molar-refractivity contribution in [3.05, 3.63) is 52.0 Å². The van der Waals surface area contributed by atoms with E-state index in [-0.39, 0.29) is 5.75 Å². The summed E-state index contributed by atoms with van der Waals surface area (Å²) in [5.41, 5.74) is 1.26. The maximum Gasteiger partial charge on any atom is 0.211 e. The zero-order chi connectivity index (χ0) is 14.4. The van der Waals surface area contributed by atoms with E-state index >= 15 is 0 Å². The fraction of sp³-hybridized carbons (Fsp3) is 0.357. The van der Waals surface area contributed by atoms with E-state index in [4.69, 9.17) is 0 Å². The summed E-state index contributed by atoms with van der Waals surface area (Å²) in [5.74, 6) is 0.115. The van der Waals surface area contributed by atoms with Crippen LogP contribution < -0.4 is 4.72 Å². The highest BCUT2D eigenvalue weighted by atomic mass is 32.2. The van der Waals surface area contributed by atoms with Crippen LogP contribution in [0.4, 0.5) is 0 Å². The monoisotopic (exact) mass is 310 g/mol. The van der Waals surface area contributed by atoms with Crippen molar-refractivity contribution in [3.8, 4) is 0 Å². The van der Waals surface area contributed by atoms with Gasteiger partial charge in [0.05, 0.1) is 10.8 Å². The van der Waals surface area contributed by atoms with Crippen molar-refractivity contribution >= 4 is 21.4 Å². The number of aromatic nitrogens is 1. The first-order chi connectivity index (χ1) is 9.59. The topological polar surface area (TPSA) is 59.1 Å². The van der Waals surface area contributed by atoms with Gasteiger partial charge in [-0.2, -0.15) is 0 Å². The third-order valence-corrected chi connectivity index (χ3v) is 5.32. The van der Waals surface area contributed by atoms with Crippen molar-refractivity contribution in [2.45, 2.75) is 19.8 Å². The summed E-state index contributed by atoms with van der Waals surface area (Å²) in [6.45, 7) is 2.04. The minimum Gasteiger partial charge on any atom is -0.249 e. The van der Waals surface area contributed by atoms with Gasteiger partial charge in [-0.25, -0.2) is 18.1 Å². The van der Waals surface area contributed by atoms with Crippen LogP contribution in [-0.2, 0) is 22.9 Å². The van der Waals surface area contributed by atoms with Crippen LogP contribution in [0, 0.1) is 0 Å². The summed E-state index contributed by atoms with van der Waals surface area (Å²) >= 11 is 1.64. The summed E-state index contributed by atoms with van der Waals surface area (Å²) in [5, 5.41) is 0.967. The summed E-state index contributed by atoms with van der Waals surface area (Å²) in [7, 11) is -3.10. The highest BCUT2D eigenvalue weighted by molar-refractivity contribution is 7.89. The average Bonchev–Trinajstić information content (AvgIpc) is 2.87. The molecule has 0 saturated heterocycles. The van der Waals surface area contributed by atoms with Crippen molar-refractivity contribution in [3.63, 3.8) is 0 Å². The molecule has 2 aromatic rings. The van der Waals surface area contributed by atoms with E-state index in [1.807, 2.05) is 24.4 Å². The van der Waals surface area contributed by atoms with Gasteiger partial charge in [0, 0.05) is 30.5 Å². The van der Waals surface area contributed by atoms with Crippen LogP contribution in [0.1, 0.15) is 22.4 Å². The number of benzene rings is 1. The normalized spacial score (nSPS) is 11.7. The van der Waals surface area contributed by atoms with Gasteiger partial charge in [-0.3, -0.25) is 0 Å². The molecule has 0 aliphatic carbocycles. The van der Waals surface area contributed by atoms with Gasteiger partial charge >= 0.3 is 0 Å². The van der Waals surface area contributed by atoms with Crippen molar-refractivity contribution in [2.75, 3.05) is 12.3 Å². The van der Waals surface area contributed by atoms with E-state index in [0.717, 1.165) is 11.4 Å². The minimum atomic E-state index is -3.10. The second kappa shape index (κ2) is 6.97. The zero-order valence-electron chi connectivity index (χ0n) is 11.4. The highest BCUT2D eigenvalue weighted by Crippen LogP contribution is 2.17. The Balaban J connectivity index is 1.87. The number of thiazole rings is 1. The highest BCUT2D eigenvalue weighted by Gasteiger charge is 2.07. The van der Waals surface area contributed by atoms with Gasteiger partial charge in [-0.05, 0) is 12.5 Å². The lowest BCUT2D eigenvalue weighted by atomic mass is 10.1. The molecule has 108 valence electrons. The van der Waals surface area contributed by atoms with Gasteiger partial charge in [0.25, 0.3) is 0 Å². The summed E-state index contributed by atoms with van der Waals surface area (Å²) < 4.78 is 25.2. The van der Waals surface area contributed by atoms with Gasteiger partial charge < -0.3 is 0 Å². The van der Waals surface area contributed by atoms with E-state index in [1.54, 1.807) is 18.3 Å². The molecule has 0 spiro atoms. The van der Waals surface area contributed by atoms with Gasteiger partial charge in [0.1, 0.15) is 0 Å². The molecule has 0 unspecified atom stereocenters. The molecular weight excluding hydrogens is 292 g/mol. The maximum absolute atomic E-state index is 11.3. The molecular formula is C14H18N2O2S2. The number of hydrogen-bond acceptors (Lipinski definition) is 4. The number of nitrogens with one attached hydrogen (secondary N) is 1. The molecule has 0 amide bonds. The quantitative estimate of drug-likeness (QED) is 0.853. The van der Waals surface area contributed by atoms with Gasteiger partial charge in [0.2, 0.25) is 10.0 Å². The first-order valence-electron chi connectivity index (χ1n) is 6.54. The van der Waals surface area contributed by atoms with Crippen LogP contribution >= 0.6 is 11.3 Å². The Kier molecular flexibility index (Phi) is 5.28. The number of rotatable bonds is 7. The lowest BCUT2D eigenvalue weighted by Gasteiger charge is -2.01. The summed E-state index contributed by atoms with van der Waals surface area (Å²) in [6.07, 6.45) is 3.39. The molecule has 1 N–H and O–H groups in total. The number of sulfonamides is 1. The third-order valence-electron chi connectivity index (χ3n) is 2.86. The Morgan fingerprint density at radius 2 is 2.00 bits per heavy atom. The molecule has 6 heteroatoms. The number of hydrogen-bond donors (Lipinski definition) is 1. The molecule has 20 heavy (non-hydrogen) atoms. The maximum atomic E-state index is 11.3. The largest absolute Gasteiger partial charge is 0.249 e. The zero-order valence-corrected chi connectivity index (χ0v) is 13.0. The lowest BCUT2D eigenvalue weighted by molar-refractivity contribution is 0.583. The van der Waals surface area contributed by atoms with Crippen molar-refractivity contribution in [1.29, 1.82) is 0 Å². The van der Waals surface area contributed by atoms with Crippen LogP contribution in [0.3, 0.4) is 0 Å². The van der Waals surface area contributed by atoms with Gasteiger partial charge in [-0.1, -0.05) is 30.3 Å². The van der Waals surface area contributed by atoms with E-state index in [2.05, 4.69) is 21.8 Å². The Morgan fingerprint density at radius 3 is 2.70 bits per heavy atom. The SMILES string of the molecule is CCS(=O)(=O)NCCc1ncc(Cc2ccccc2)s1. The lowest BCUT2D eigenvalue weighted by Crippen LogP contribution is -2.27. The first-order valence-corrected chi connectivity index (χ1v) is 9.01. The van der Waals surface area contributed by atoms with Crippen molar-refractivity contribution in [2.24, 2.45) is 0 Å². The molecule has 0 aliphatic rings. The molecule has 0 aliphatic heterocycles. The Hall–Kier alpha value is -1.24. The molecule has 1 aromatic heterocycles. The fourth-order valence-electron chi connectivity index (χ4n) is 1.76. The van der Waals surface area contributed by atoms with Crippen LogP contribution in [0.15, 0.2) is 36.5 Å². The van der Waals surface area contributed by atoms with E-state index in [1.165, 1.54) is 10.4 Å². The molecule has 2 rings (SSSR count). The smallest absolute Gasteiger partial charge is 0.211 e. The molecule has 0 atom stereocenters. The first kappa shape index (κ1) is 15.2. The molecule has 4 nitrogen and oxygen atoms in total. The summed E-state index contributed by atoms with van der Waals surface area (Å²) in [6, 6.07) is 10.2. The van der Waals surface area contributed by atoms with Crippen LogP contribution in [0.5, 0.6) is 0 Å². The van der Waals surface area contributed by atoms with Crippen LogP contribution in [0.2, 0.25) is 0 Å². The summed E-state index contributed by atoms with van der Waals surface area (Å²) in [4.78, 5) is 5.54. The van der Waals surface area contributed by atoms with E-state index in [0.29, 0.717) is 13.0 Å². The van der Waals surface area contributed by atoms with Gasteiger partial charge in [-0.15, -0.1) is 11.3 Å². The van der Waals surface area contributed by atoms with Crippen LogP contribution in [-0.4, -0.2) is 25.7 Å². The second-order valence-corrected chi connectivity index (χ2v) is 7.73. The Morgan fingerprint density at radius 1 is 1.25 bits per heavy atom. The van der Waals surface area contributed by atoms with Crippen molar-refractivity contribution < 1.29 is 8.42 Å². The Labute approximate surface area is 123 Å². The predicted octanol–water partition coefficient (Wildman–Crippen LogP) is 2.22. The van der Waals surface area contributed by atoms with Gasteiger partial charge in [0.15, 0.2) is 0 Å². The predicted molar refractivity (Wildman–Crippen MR) is 82.5 cm³/mol. The van der Waals surface area contributed by atoms with Crippen molar-refractivity contribution in [1.82, 2.24) is 9.71 Å². The Bertz CT molecular complexity index is 636. The molecule has 1 aromatic carbocycles. The standard InChI is InChI=1S/C14H18N2O2S2/c1-2-20(17,18)16-9-8-14-15-11-13(19-14)10-12-6-4-3-5-7-12/h3-7,11,16H,2,8-10H2,1H3. The number of nitrogens with zero attached hydrogens (tertiary/aromatic N) is 1. The molecule has 0 radical (unpaired) electrons. The van der Waals surface area contributed by atoms with E-state index < -0.39 is 10.0 Å². The fourth-order valence-corrected chi connectivity index (χ4v) is 3.33.